The monoisotopic (exact) mass is 407 g/mol. The van der Waals surface area contributed by atoms with Crippen LogP contribution in [-0.4, -0.2) is 43.5 Å². The van der Waals surface area contributed by atoms with Crippen molar-refractivity contribution in [1.82, 2.24) is 9.29 Å². The number of benzene rings is 1. The number of likely N-dealkylation sites (N-methyl/N-ethyl adjacent to an activating group) is 1. The molecule has 1 N–H and O–H groups in total. The molecule has 0 spiro atoms. The van der Waals surface area contributed by atoms with E-state index in [-0.39, 0.29) is 6.54 Å². The molecule has 11 heteroatoms. The van der Waals surface area contributed by atoms with Crippen molar-refractivity contribution in [2.75, 3.05) is 25.2 Å². The van der Waals surface area contributed by atoms with Gasteiger partial charge in [-0.3, -0.25) is 4.79 Å². The van der Waals surface area contributed by atoms with Crippen molar-refractivity contribution < 1.29 is 26.4 Å². The Hall–Kier alpha value is -1.98. The van der Waals surface area contributed by atoms with Gasteiger partial charge in [-0.05, 0) is 17.7 Å². The lowest BCUT2D eigenvalue weighted by atomic mass is 10.1. The van der Waals surface area contributed by atoms with E-state index in [0.717, 1.165) is 27.6 Å². The highest BCUT2D eigenvalue weighted by Crippen LogP contribution is 2.29. The highest BCUT2D eigenvalue weighted by molar-refractivity contribution is 7.88. The van der Waals surface area contributed by atoms with E-state index in [1.165, 1.54) is 36.7 Å². The third-order valence-corrected chi connectivity index (χ3v) is 5.57. The van der Waals surface area contributed by atoms with Gasteiger partial charge in [-0.25, -0.2) is 13.4 Å². The van der Waals surface area contributed by atoms with Gasteiger partial charge in [-0.1, -0.05) is 12.1 Å². The molecule has 0 saturated heterocycles. The summed E-state index contributed by atoms with van der Waals surface area (Å²) < 4.78 is 61.1. The number of hydrogen-bond donors (Lipinski definition) is 1. The van der Waals surface area contributed by atoms with Crippen LogP contribution in [0.15, 0.2) is 30.5 Å². The number of nitrogens with zero attached hydrogens (tertiary/aromatic N) is 2. The molecule has 2 rings (SSSR count). The molecule has 0 aliphatic heterocycles. The van der Waals surface area contributed by atoms with Crippen molar-refractivity contribution in [3.63, 3.8) is 0 Å². The van der Waals surface area contributed by atoms with E-state index in [9.17, 15) is 26.4 Å². The Bertz CT molecular complexity index is 878. The maximum atomic E-state index is 12.5. The first-order chi connectivity index (χ1) is 11.9. The van der Waals surface area contributed by atoms with Gasteiger partial charge >= 0.3 is 6.18 Å². The van der Waals surface area contributed by atoms with Crippen molar-refractivity contribution in [2.24, 2.45) is 0 Å². The van der Waals surface area contributed by atoms with Crippen molar-refractivity contribution >= 4 is 32.4 Å². The summed E-state index contributed by atoms with van der Waals surface area (Å²) in [5, 5.41) is 2.78. The Morgan fingerprint density at radius 1 is 1.27 bits per heavy atom. The lowest BCUT2D eigenvalue weighted by Crippen LogP contribution is -2.34. The molecule has 0 fully saturated rings. The van der Waals surface area contributed by atoms with E-state index >= 15 is 0 Å². The number of anilines is 1. The number of carbonyl (C=O) groups is 1. The maximum Gasteiger partial charge on any atom is 0.416 e. The number of carbonyl (C=O) groups excluding carboxylic acids is 1. The fraction of sp³-hybridized carbons (Fsp3) is 0.333. The Morgan fingerprint density at radius 3 is 2.42 bits per heavy atom. The zero-order valence-electron chi connectivity index (χ0n) is 13.9. The summed E-state index contributed by atoms with van der Waals surface area (Å²) in [5.74, 6) is -0.534. The van der Waals surface area contributed by atoms with Gasteiger partial charge in [0, 0.05) is 24.5 Å². The average Bonchev–Trinajstić information content (AvgIpc) is 2.92. The fourth-order valence-electron chi connectivity index (χ4n) is 1.94. The number of thiazole rings is 1. The summed E-state index contributed by atoms with van der Waals surface area (Å²) in [6.45, 7) is -0.341. The molecule has 0 unspecified atom stereocenters. The number of aromatic nitrogens is 1. The first kappa shape index (κ1) is 20.3. The van der Waals surface area contributed by atoms with Gasteiger partial charge in [0.25, 0.3) is 0 Å². The van der Waals surface area contributed by atoms with Gasteiger partial charge in [-0.15, -0.1) is 11.3 Å². The summed E-state index contributed by atoms with van der Waals surface area (Å²) in [5.41, 5.74) is -0.0372. The van der Waals surface area contributed by atoms with Crippen LogP contribution in [0.1, 0.15) is 16.0 Å². The number of amides is 1. The maximum absolute atomic E-state index is 12.5. The smallest absolute Gasteiger partial charge is 0.301 e. The molecule has 1 heterocycles. The lowest BCUT2D eigenvalue weighted by molar-refractivity contribution is -0.137. The number of halogens is 3. The molecule has 1 aromatic heterocycles. The SMILES string of the molecule is CN(CC(=O)Nc1ncc(Cc2ccc(C(F)(F)F)cc2)s1)S(C)(=O)=O. The highest BCUT2D eigenvalue weighted by Gasteiger charge is 2.29. The van der Waals surface area contributed by atoms with Crippen LogP contribution in [0.2, 0.25) is 0 Å². The zero-order chi connectivity index (χ0) is 19.5. The fourth-order valence-corrected chi connectivity index (χ4v) is 3.15. The van der Waals surface area contributed by atoms with Gasteiger partial charge in [0.05, 0.1) is 18.4 Å². The molecule has 0 atom stereocenters. The van der Waals surface area contributed by atoms with Crippen LogP contribution in [-0.2, 0) is 27.4 Å². The van der Waals surface area contributed by atoms with Crippen LogP contribution in [0.25, 0.3) is 0 Å². The normalized spacial score (nSPS) is 12.4. The van der Waals surface area contributed by atoms with Crippen molar-refractivity contribution in [2.45, 2.75) is 12.6 Å². The first-order valence-electron chi connectivity index (χ1n) is 7.27. The molecule has 0 aliphatic carbocycles. The molecule has 142 valence electrons. The molecule has 0 saturated carbocycles. The van der Waals surface area contributed by atoms with Gasteiger partial charge in [0.1, 0.15) is 0 Å². The molecule has 2 aromatic rings. The number of nitrogens with one attached hydrogen (secondary N) is 1. The summed E-state index contributed by atoms with van der Waals surface area (Å²) in [6, 6.07) is 4.81. The third kappa shape index (κ3) is 5.78. The molecule has 1 amide bonds. The molecule has 0 bridgehead atoms. The second-order valence-corrected chi connectivity index (χ2v) is 8.77. The molecular formula is C15H16F3N3O3S2. The minimum atomic E-state index is -4.38. The van der Waals surface area contributed by atoms with E-state index in [2.05, 4.69) is 10.3 Å². The van der Waals surface area contributed by atoms with Crippen LogP contribution < -0.4 is 5.32 Å². The van der Waals surface area contributed by atoms with Crippen LogP contribution in [0.5, 0.6) is 0 Å². The topological polar surface area (TPSA) is 79.4 Å². The molecule has 1 aromatic carbocycles. The molecule has 0 radical (unpaired) electrons. The minimum absolute atomic E-state index is 0.291. The quantitative estimate of drug-likeness (QED) is 0.798. The van der Waals surface area contributed by atoms with Gasteiger partial charge < -0.3 is 5.32 Å². The summed E-state index contributed by atoms with van der Waals surface area (Å²) in [4.78, 5) is 16.6. The first-order valence-corrected chi connectivity index (χ1v) is 9.93. The lowest BCUT2D eigenvalue weighted by Gasteiger charge is -2.12. The number of sulfonamides is 1. The van der Waals surface area contributed by atoms with E-state index in [0.29, 0.717) is 17.1 Å². The Balaban J connectivity index is 1.96. The van der Waals surface area contributed by atoms with Crippen LogP contribution in [0.4, 0.5) is 18.3 Å². The molecular weight excluding hydrogens is 391 g/mol. The van der Waals surface area contributed by atoms with Crippen LogP contribution in [0, 0.1) is 0 Å². The van der Waals surface area contributed by atoms with Gasteiger partial charge in [0.15, 0.2) is 5.13 Å². The standard InChI is InChI=1S/C15H16F3N3O3S2/c1-21(26(2,23)24)9-13(22)20-14-19-8-12(25-14)7-10-3-5-11(6-4-10)15(16,17)18/h3-6,8H,7,9H2,1-2H3,(H,19,20,22). The van der Waals surface area contributed by atoms with Crippen LogP contribution >= 0.6 is 11.3 Å². The number of alkyl halides is 3. The predicted octanol–water partition coefficient (Wildman–Crippen LogP) is 2.58. The summed E-state index contributed by atoms with van der Waals surface area (Å²) in [7, 11) is -2.18. The molecule has 6 nitrogen and oxygen atoms in total. The highest BCUT2D eigenvalue weighted by atomic mass is 32.2. The van der Waals surface area contributed by atoms with Crippen molar-refractivity contribution in [3.8, 4) is 0 Å². The Morgan fingerprint density at radius 2 is 1.88 bits per heavy atom. The zero-order valence-corrected chi connectivity index (χ0v) is 15.5. The van der Waals surface area contributed by atoms with E-state index in [1.807, 2.05) is 0 Å². The third-order valence-electron chi connectivity index (χ3n) is 3.39. The number of hydrogen-bond acceptors (Lipinski definition) is 5. The minimum Gasteiger partial charge on any atom is -0.301 e. The van der Waals surface area contributed by atoms with Gasteiger partial charge in [0.2, 0.25) is 15.9 Å². The summed E-state index contributed by atoms with van der Waals surface area (Å²) >= 11 is 1.17. The molecule has 26 heavy (non-hydrogen) atoms. The Kier molecular flexibility index (Phi) is 6.04. The van der Waals surface area contributed by atoms with Gasteiger partial charge in [-0.2, -0.15) is 17.5 Å². The predicted molar refractivity (Wildman–Crippen MR) is 92.5 cm³/mol. The Labute approximate surface area is 152 Å². The largest absolute Gasteiger partial charge is 0.416 e. The van der Waals surface area contributed by atoms with E-state index in [4.69, 9.17) is 0 Å². The molecule has 0 aliphatic rings. The summed E-state index contributed by atoms with van der Waals surface area (Å²) in [6.07, 6.45) is -1.50. The van der Waals surface area contributed by atoms with E-state index < -0.39 is 27.7 Å². The van der Waals surface area contributed by atoms with Crippen LogP contribution in [0.3, 0.4) is 0 Å². The second kappa shape index (κ2) is 7.72. The van der Waals surface area contributed by atoms with Crippen molar-refractivity contribution in [3.05, 3.63) is 46.5 Å². The average molecular weight is 407 g/mol. The van der Waals surface area contributed by atoms with E-state index in [1.54, 1.807) is 0 Å². The number of rotatable bonds is 6. The second-order valence-electron chi connectivity index (χ2n) is 5.57. The van der Waals surface area contributed by atoms with Crippen molar-refractivity contribution in [1.29, 1.82) is 0 Å².